The van der Waals surface area contributed by atoms with Crippen molar-refractivity contribution in [3.8, 4) is 17.2 Å². The minimum atomic E-state index is -3.80. The molecule has 5 rings (SSSR count). The van der Waals surface area contributed by atoms with Crippen molar-refractivity contribution < 1.29 is 31.9 Å². The second kappa shape index (κ2) is 10.8. The van der Waals surface area contributed by atoms with Crippen LogP contribution in [-0.4, -0.2) is 39.1 Å². The zero-order valence-corrected chi connectivity index (χ0v) is 22.8. The first-order valence-corrected chi connectivity index (χ1v) is 14.1. The van der Waals surface area contributed by atoms with Gasteiger partial charge in [0.1, 0.15) is 28.0 Å². The third-order valence-corrected chi connectivity index (χ3v) is 8.59. The summed E-state index contributed by atoms with van der Waals surface area (Å²) >= 11 is 0. The van der Waals surface area contributed by atoms with Crippen LogP contribution in [0.2, 0.25) is 0 Å². The molecule has 206 valence electrons. The number of hydrogen-bond acceptors (Lipinski definition) is 7. The number of ketones is 2. The first-order chi connectivity index (χ1) is 19.1. The fourth-order valence-corrected chi connectivity index (χ4v) is 5.55. The third-order valence-electron chi connectivity index (χ3n) is 7.16. The summed E-state index contributed by atoms with van der Waals surface area (Å²) in [5.74, 6) is 0.402. The van der Waals surface area contributed by atoms with Gasteiger partial charge in [-0.2, -0.15) is 0 Å². The smallest absolute Gasteiger partial charge is 0.244 e. The van der Waals surface area contributed by atoms with Gasteiger partial charge in [0.2, 0.25) is 10.0 Å². The molecule has 0 radical (unpaired) electrons. The van der Waals surface area contributed by atoms with Gasteiger partial charge in [-0.05, 0) is 67.4 Å². The number of nitrogens with zero attached hydrogens (tertiary/aromatic N) is 1. The number of carbonyl (C=O) groups excluding carboxylic acids is 2. The molecule has 4 aromatic rings. The number of pyridine rings is 1. The summed E-state index contributed by atoms with van der Waals surface area (Å²) in [4.78, 5) is 30.3. The number of benzene rings is 3. The van der Waals surface area contributed by atoms with Gasteiger partial charge in [-0.25, -0.2) is 17.5 Å². The SMILES string of the molecule is CNS(=O)(=O)c1cc2c(Oc3ccc(CC(=O)C4(C(=O)Cc5ccc(F)cc5)CC4)cc3)ccnc2cc1OC. The number of ether oxygens (including phenoxy) is 2. The van der Waals surface area contributed by atoms with Crippen molar-refractivity contribution >= 4 is 32.5 Å². The monoisotopic (exact) mass is 562 g/mol. The molecule has 0 amide bonds. The second-order valence-electron chi connectivity index (χ2n) is 9.69. The predicted molar refractivity (Wildman–Crippen MR) is 147 cm³/mol. The maximum absolute atomic E-state index is 13.2. The van der Waals surface area contributed by atoms with E-state index in [1.807, 2.05) is 0 Å². The number of fused-ring (bicyclic) bond motifs is 1. The molecule has 0 spiro atoms. The van der Waals surface area contributed by atoms with E-state index >= 15 is 0 Å². The Morgan fingerprint density at radius 1 is 0.925 bits per heavy atom. The van der Waals surface area contributed by atoms with Crippen molar-refractivity contribution in [2.24, 2.45) is 5.41 Å². The van der Waals surface area contributed by atoms with Gasteiger partial charge in [-0.15, -0.1) is 0 Å². The van der Waals surface area contributed by atoms with E-state index in [0.29, 0.717) is 40.8 Å². The maximum atomic E-state index is 13.2. The van der Waals surface area contributed by atoms with Crippen molar-refractivity contribution in [3.63, 3.8) is 0 Å². The van der Waals surface area contributed by atoms with Crippen LogP contribution in [0.3, 0.4) is 0 Å². The predicted octanol–water partition coefficient (Wildman–Crippen LogP) is 4.79. The summed E-state index contributed by atoms with van der Waals surface area (Å²) in [6, 6.07) is 17.3. The summed E-state index contributed by atoms with van der Waals surface area (Å²) in [6.07, 6.45) is 2.81. The number of hydrogen-bond donors (Lipinski definition) is 1. The largest absolute Gasteiger partial charge is 0.495 e. The van der Waals surface area contributed by atoms with E-state index in [4.69, 9.17) is 9.47 Å². The van der Waals surface area contributed by atoms with Gasteiger partial charge in [-0.1, -0.05) is 24.3 Å². The number of sulfonamides is 1. The molecule has 0 unspecified atom stereocenters. The molecular formula is C30H27FN2O6S. The van der Waals surface area contributed by atoms with E-state index in [1.54, 1.807) is 48.7 Å². The minimum absolute atomic E-state index is 0.0420. The molecule has 0 aliphatic heterocycles. The van der Waals surface area contributed by atoms with E-state index in [-0.39, 0.29) is 40.9 Å². The van der Waals surface area contributed by atoms with Crippen LogP contribution < -0.4 is 14.2 Å². The first-order valence-electron chi connectivity index (χ1n) is 12.6. The Hall–Kier alpha value is -4.15. The highest BCUT2D eigenvalue weighted by molar-refractivity contribution is 7.89. The third kappa shape index (κ3) is 5.45. The molecule has 40 heavy (non-hydrogen) atoms. The van der Waals surface area contributed by atoms with E-state index in [1.165, 1.54) is 38.4 Å². The van der Waals surface area contributed by atoms with Crippen LogP contribution in [0.15, 0.2) is 77.8 Å². The molecular weight excluding hydrogens is 535 g/mol. The lowest BCUT2D eigenvalue weighted by molar-refractivity contribution is -0.133. The Bertz CT molecular complexity index is 1700. The lowest BCUT2D eigenvalue weighted by Gasteiger charge is -2.14. The molecule has 1 aliphatic rings. The van der Waals surface area contributed by atoms with Gasteiger partial charge in [0.15, 0.2) is 11.6 Å². The van der Waals surface area contributed by atoms with Crippen LogP contribution in [0.1, 0.15) is 24.0 Å². The Morgan fingerprint density at radius 2 is 1.52 bits per heavy atom. The van der Waals surface area contributed by atoms with Crippen LogP contribution in [0.25, 0.3) is 10.9 Å². The molecule has 10 heteroatoms. The van der Waals surface area contributed by atoms with Gasteiger partial charge in [0, 0.05) is 30.5 Å². The number of methoxy groups -OCH3 is 1. The topological polar surface area (TPSA) is 112 Å². The highest BCUT2D eigenvalue weighted by atomic mass is 32.2. The fourth-order valence-electron chi connectivity index (χ4n) is 4.65. The van der Waals surface area contributed by atoms with Gasteiger partial charge < -0.3 is 9.47 Å². The first kappa shape index (κ1) is 27.4. The summed E-state index contributed by atoms with van der Waals surface area (Å²) in [5, 5.41) is 0.478. The van der Waals surface area contributed by atoms with E-state index in [0.717, 1.165) is 5.56 Å². The van der Waals surface area contributed by atoms with Gasteiger partial charge in [0.25, 0.3) is 0 Å². The van der Waals surface area contributed by atoms with Gasteiger partial charge in [-0.3, -0.25) is 14.6 Å². The Labute approximate surface area is 231 Å². The molecule has 0 atom stereocenters. The number of halogens is 1. The Kier molecular flexibility index (Phi) is 7.39. The molecule has 1 fully saturated rings. The molecule has 3 aromatic carbocycles. The molecule has 1 saturated carbocycles. The summed E-state index contributed by atoms with van der Waals surface area (Å²) in [5.41, 5.74) is 0.952. The quantitative estimate of drug-likeness (QED) is 0.262. The minimum Gasteiger partial charge on any atom is -0.495 e. The van der Waals surface area contributed by atoms with E-state index in [2.05, 4.69) is 9.71 Å². The van der Waals surface area contributed by atoms with Crippen molar-refractivity contribution in [3.05, 3.63) is 89.9 Å². The number of aromatic nitrogens is 1. The number of carbonyl (C=O) groups is 2. The van der Waals surface area contributed by atoms with Gasteiger partial charge >= 0.3 is 0 Å². The van der Waals surface area contributed by atoms with Crippen LogP contribution in [0, 0.1) is 11.2 Å². The standard InChI is InChI=1S/C30H27FN2O6S/c1-32-40(36,37)27-17-23-24(18-26(27)38-2)33-14-11-25(23)39-22-9-5-20(6-10-22)16-29(35)30(12-13-30)28(34)15-19-3-7-21(31)8-4-19/h3-11,14,17-18,32H,12-13,15-16H2,1-2H3. The van der Waals surface area contributed by atoms with Gasteiger partial charge in [0.05, 0.1) is 18.0 Å². The van der Waals surface area contributed by atoms with E-state index in [9.17, 15) is 22.4 Å². The Morgan fingerprint density at radius 3 is 2.08 bits per heavy atom. The lowest BCUT2D eigenvalue weighted by atomic mass is 9.88. The van der Waals surface area contributed by atoms with Crippen LogP contribution >= 0.6 is 0 Å². The molecule has 1 heterocycles. The summed E-state index contributed by atoms with van der Waals surface area (Å²) < 4.78 is 51.8. The zero-order chi connectivity index (χ0) is 28.5. The van der Waals surface area contributed by atoms with Crippen LogP contribution in [-0.2, 0) is 32.5 Å². The molecule has 0 saturated heterocycles. The summed E-state index contributed by atoms with van der Waals surface area (Å²) in [7, 11) is -1.10. The van der Waals surface area contributed by atoms with Crippen LogP contribution in [0.4, 0.5) is 4.39 Å². The number of Topliss-reactive ketones (excluding diaryl/α,β-unsaturated/α-hetero) is 2. The normalized spacial score (nSPS) is 14.1. The van der Waals surface area contributed by atoms with E-state index < -0.39 is 15.4 Å². The second-order valence-corrected chi connectivity index (χ2v) is 11.5. The van der Waals surface area contributed by atoms with Crippen LogP contribution in [0.5, 0.6) is 17.2 Å². The van der Waals surface area contributed by atoms with Crippen molar-refractivity contribution in [2.75, 3.05) is 14.2 Å². The maximum Gasteiger partial charge on any atom is 0.244 e. The molecule has 1 aromatic heterocycles. The average molecular weight is 563 g/mol. The number of rotatable bonds is 11. The molecule has 8 nitrogen and oxygen atoms in total. The Balaban J connectivity index is 1.31. The average Bonchev–Trinajstić information content (AvgIpc) is 3.77. The van der Waals surface area contributed by atoms with Crippen molar-refractivity contribution in [1.82, 2.24) is 9.71 Å². The van der Waals surface area contributed by atoms with Crippen molar-refractivity contribution in [1.29, 1.82) is 0 Å². The fraction of sp³-hybridized carbons (Fsp3) is 0.233. The molecule has 0 bridgehead atoms. The summed E-state index contributed by atoms with van der Waals surface area (Å²) in [6.45, 7) is 0. The molecule has 1 N–H and O–H groups in total. The molecule has 1 aliphatic carbocycles. The highest BCUT2D eigenvalue weighted by Crippen LogP contribution is 2.49. The highest BCUT2D eigenvalue weighted by Gasteiger charge is 2.54. The lowest BCUT2D eigenvalue weighted by Crippen LogP contribution is -2.28. The zero-order valence-electron chi connectivity index (χ0n) is 21.9. The van der Waals surface area contributed by atoms with Crippen molar-refractivity contribution in [2.45, 2.75) is 30.6 Å². The number of nitrogens with one attached hydrogen (secondary N) is 1.